The number of carbonyl (C=O) groups excluding carboxylic acids is 1. The molecular formula is C25H16ClN3O2. The molecule has 0 saturated carbocycles. The molecule has 0 amide bonds. The molecule has 0 aliphatic heterocycles. The van der Waals surface area contributed by atoms with E-state index in [9.17, 15) is 10.1 Å². The van der Waals surface area contributed by atoms with Crippen LogP contribution < -0.4 is 10.9 Å². The zero-order valence-corrected chi connectivity index (χ0v) is 17.0. The van der Waals surface area contributed by atoms with E-state index in [1.165, 1.54) is 0 Å². The molecule has 1 heterocycles. The average Bonchev–Trinajstić information content (AvgIpc) is 2.80. The third-order valence-corrected chi connectivity index (χ3v) is 4.95. The summed E-state index contributed by atoms with van der Waals surface area (Å²) in [7, 11) is 0. The number of rotatable bonds is 5. The van der Waals surface area contributed by atoms with Crippen molar-refractivity contribution in [2.45, 2.75) is 0 Å². The summed E-state index contributed by atoms with van der Waals surface area (Å²) >= 11 is 6.04. The summed E-state index contributed by atoms with van der Waals surface area (Å²) in [5.74, 6) is -0.238. The van der Waals surface area contributed by atoms with Crippen LogP contribution in [0.3, 0.4) is 0 Å². The molecule has 150 valence electrons. The Balaban J connectivity index is 2.03. The van der Waals surface area contributed by atoms with Crippen molar-refractivity contribution < 1.29 is 9.21 Å². The van der Waals surface area contributed by atoms with Gasteiger partial charge in [-0.2, -0.15) is 5.26 Å². The normalized spacial score (nSPS) is 10.3. The van der Waals surface area contributed by atoms with E-state index in [-0.39, 0.29) is 28.3 Å². The predicted octanol–water partition coefficient (Wildman–Crippen LogP) is 5.93. The van der Waals surface area contributed by atoms with Gasteiger partial charge in [0, 0.05) is 21.8 Å². The second kappa shape index (κ2) is 8.70. The molecule has 5 nitrogen and oxygen atoms in total. The SMILES string of the molecule is N#Cc1c(-c2ccc(Cl)cc2)c(C(=O)c2ccccc2)c(Nc2ccccc2)oc1=N. The van der Waals surface area contributed by atoms with Crippen molar-refractivity contribution in [2.75, 3.05) is 5.32 Å². The zero-order chi connectivity index (χ0) is 21.8. The number of nitrogens with one attached hydrogen (secondary N) is 2. The third kappa shape index (κ3) is 4.11. The van der Waals surface area contributed by atoms with E-state index in [2.05, 4.69) is 5.32 Å². The fourth-order valence-corrected chi connectivity index (χ4v) is 3.39. The Kier molecular flexibility index (Phi) is 5.65. The summed E-state index contributed by atoms with van der Waals surface area (Å²) in [5.41, 5.74) is 1.83. The van der Waals surface area contributed by atoms with Gasteiger partial charge in [-0.3, -0.25) is 10.2 Å². The quantitative estimate of drug-likeness (QED) is 0.388. The molecule has 0 unspecified atom stereocenters. The first-order chi connectivity index (χ1) is 15.1. The number of nitriles is 1. The van der Waals surface area contributed by atoms with E-state index >= 15 is 0 Å². The largest absolute Gasteiger partial charge is 0.421 e. The zero-order valence-electron chi connectivity index (χ0n) is 16.2. The van der Waals surface area contributed by atoms with Crippen LogP contribution in [0.1, 0.15) is 21.5 Å². The van der Waals surface area contributed by atoms with Gasteiger partial charge in [-0.05, 0) is 29.8 Å². The highest BCUT2D eigenvalue weighted by atomic mass is 35.5. The van der Waals surface area contributed by atoms with Gasteiger partial charge in [0.1, 0.15) is 11.6 Å². The number of carbonyl (C=O) groups is 1. The number of ketones is 1. The predicted molar refractivity (Wildman–Crippen MR) is 119 cm³/mol. The van der Waals surface area contributed by atoms with Crippen molar-refractivity contribution in [2.24, 2.45) is 0 Å². The number of hydrogen-bond acceptors (Lipinski definition) is 5. The first kappa shape index (κ1) is 20.1. The molecule has 2 N–H and O–H groups in total. The fraction of sp³-hybridized carbons (Fsp3) is 0. The van der Waals surface area contributed by atoms with Gasteiger partial charge in [0.25, 0.3) is 0 Å². The van der Waals surface area contributed by atoms with Crippen molar-refractivity contribution in [1.82, 2.24) is 0 Å². The number of para-hydroxylation sites is 1. The van der Waals surface area contributed by atoms with Crippen LogP contribution in [0.4, 0.5) is 11.6 Å². The molecule has 0 bridgehead atoms. The van der Waals surface area contributed by atoms with E-state index in [0.29, 0.717) is 27.4 Å². The van der Waals surface area contributed by atoms with Crippen LogP contribution in [0, 0.1) is 16.7 Å². The first-order valence-electron chi connectivity index (χ1n) is 9.42. The third-order valence-electron chi connectivity index (χ3n) is 4.70. The molecule has 0 fully saturated rings. The van der Waals surface area contributed by atoms with Crippen molar-refractivity contribution in [3.63, 3.8) is 0 Å². The average molecular weight is 426 g/mol. The van der Waals surface area contributed by atoms with Crippen LogP contribution in [0.15, 0.2) is 89.3 Å². The Morgan fingerprint density at radius 3 is 2.16 bits per heavy atom. The molecule has 1 aromatic heterocycles. The molecule has 0 spiro atoms. The number of benzene rings is 3. The minimum atomic E-state index is -0.338. The van der Waals surface area contributed by atoms with E-state index in [1.54, 1.807) is 48.5 Å². The standard InChI is InChI=1S/C25H16ClN3O2/c26-18-13-11-16(12-14-18)21-20(15-27)24(28)31-25(29-19-9-5-2-6-10-19)22(21)23(30)17-7-3-1-4-8-17/h1-14,28-29H. The van der Waals surface area contributed by atoms with Gasteiger partial charge in [0.05, 0.1) is 5.56 Å². The maximum atomic E-state index is 13.6. The van der Waals surface area contributed by atoms with Crippen molar-refractivity contribution in [1.29, 1.82) is 10.7 Å². The molecule has 4 rings (SSSR count). The number of anilines is 2. The lowest BCUT2D eigenvalue weighted by molar-refractivity contribution is 0.103. The molecule has 0 saturated heterocycles. The lowest BCUT2D eigenvalue weighted by atomic mass is 9.92. The molecule has 4 aromatic rings. The van der Waals surface area contributed by atoms with Gasteiger partial charge in [0.2, 0.25) is 11.4 Å². The molecule has 31 heavy (non-hydrogen) atoms. The van der Waals surface area contributed by atoms with Gasteiger partial charge in [-0.15, -0.1) is 0 Å². The van der Waals surface area contributed by atoms with Gasteiger partial charge in [-0.1, -0.05) is 72.3 Å². The van der Waals surface area contributed by atoms with Crippen molar-refractivity contribution >= 4 is 29.0 Å². The monoisotopic (exact) mass is 425 g/mol. The minimum Gasteiger partial charge on any atom is -0.421 e. The highest BCUT2D eigenvalue weighted by Gasteiger charge is 2.26. The highest BCUT2D eigenvalue weighted by Crippen LogP contribution is 2.34. The molecule has 0 radical (unpaired) electrons. The van der Waals surface area contributed by atoms with Crippen LogP contribution in [0.25, 0.3) is 11.1 Å². The van der Waals surface area contributed by atoms with Crippen molar-refractivity contribution in [3.8, 4) is 17.2 Å². The summed E-state index contributed by atoms with van der Waals surface area (Å²) in [5, 5.41) is 21.7. The lowest BCUT2D eigenvalue weighted by Gasteiger charge is -2.16. The van der Waals surface area contributed by atoms with Gasteiger partial charge in [-0.25, -0.2) is 0 Å². The van der Waals surface area contributed by atoms with E-state index in [4.69, 9.17) is 21.4 Å². The Hall–Kier alpha value is -4.14. The summed E-state index contributed by atoms with van der Waals surface area (Å²) in [6.45, 7) is 0. The highest BCUT2D eigenvalue weighted by molar-refractivity contribution is 6.30. The minimum absolute atomic E-state index is 0.0276. The number of nitrogens with zero attached hydrogens (tertiary/aromatic N) is 1. The van der Waals surface area contributed by atoms with E-state index in [0.717, 1.165) is 0 Å². The molecule has 0 atom stereocenters. The second-order valence-corrected chi connectivity index (χ2v) is 7.13. The van der Waals surface area contributed by atoms with Gasteiger partial charge < -0.3 is 9.73 Å². The Bertz CT molecular complexity index is 1340. The number of halogens is 1. The Morgan fingerprint density at radius 1 is 0.935 bits per heavy atom. The molecule has 0 aliphatic rings. The Labute approximate surface area is 183 Å². The fourth-order valence-electron chi connectivity index (χ4n) is 3.26. The maximum absolute atomic E-state index is 13.6. The maximum Gasteiger partial charge on any atom is 0.232 e. The molecule has 6 heteroatoms. The van der Waals surface area contributed by atoms with Crippen LogP contribution in [0.5, 0.6) is 0 Å². The molecule has 0 aliphatic carbocycles. The van der Waals surface area contributed by atoms with Crippen LogP contribution in [-0.4, -0.2) is 5.78 Å². The van der Waals surface area contributed by atoms with Gasteiger partial charge in [0.15, 0.2) is 5.78 Å². The first-order valence-corrected chi connectivity index (χ1v) is 9.80. The smallest absolute Gasteiger partial charge is 0.232 e. The van der Waals surface area contributed by atoms with Gasteiger partial charge >= 0.3 is 0 Å². The lowest BCUT2D eigenvalue weighted by Crippen LogP contribution is -2.16. The topological polar surface area (TPSA) is 89.9 Å². The summed E-state index contributed by atoms with van der Waals surface area (Å²) in [6.07, 6.45) is 0. The summed E-state index contributed by atoms with van der Waals surface area (Å²) in [4.78, 5) is 13.6. The van der Waals surface area contributed by atoms with Crippen LogP contribution in [0.2, 0.25) is 5.02 Å². The molecule has 3 aromatic carbocycles. The van der Waals surface area contributed by atoms with E-state index < -0.39 is 0 Å². The summed E-state index contributed by atoms with van der Waals surface area (Å²) in [6, 6.07) is 26.7. The second-order valence-electron chi connectivity index (χ2n) is 6.69. The van der Waals surface area contributed by atoms with E-state index in [1.807, 2.05) is 42.5 Å². The van der Waals surface area contributed by atoms with Crippen LogP contribution in [-0.2, 0) is 0 Å². The number of hydrogen-bond donors (Lipinski definition) is 2. The Morgan fingerprint density at radius 2 is 1.55 bits per heavy atom. The van der Waals surface area contributed by atoms with Crippen molar-refractivity contribution in [3.05, 3.63) is 112 Å². The summed E-state index contributed by atoms with van der Waals surface area (Å²) < 4.78 is 5.65. The molecular weight excluding hydrogens is 410 g/mol. The van der Waals surface area contributed by atoms with Crippen LogP contribution >= 0.6 is 11.6 Å².